The zero-order valence-electron chi connectivity index (χ0n) is 17.8. The standard InChI is InChI=1S/C26H26O4/c1-5-29-25(27)23-17(3)21(19-13-9-7-10-14-19)22(20-15-11-8-12-16-20)18(4)24(23)26(28)30-6-2/h7-16H,5-6H2,1-4H3. The Labute approximate surface area is 177 Å². The number of hydrogen-bond donors (Lipinski definition) is 0. The van der Waals surface area contributed by atoms with Gasteiger partial charge in [0.25, 0.3) is 0 Å². The molecule has 0 N–H and O–H groups in total. The van der Waals surface area contributed by atoms with Gasteiger partial charge in [-0.15, -0.1) is 0 Å². The fourth-order valence-corrected chi connectivity index (χ4v) is 3.85. The fraction of sp³-hybridized carbons (Fsp3) is 0.231. The van der Waals surface area contributed by atoms with E-state index >= 15 is 0 Å². The highest BCUT2D eigenvalue weighted by Crippen LogP contribution is 2.41. The molecule has 0 atom stereocenters. The van der Waals surface area contributed by atoms with Gasteiger partial charge in [0, 0.05) is 0 Å². The fourth-order valence-electron chi connectivity index (χ4n) is 3.85. The number of ether oxygens (including phenoxy) is 2. The summed E-state index contributed by atoms with van der Waals surface area (Å²) < 4.78 is 10.6. The van der Waals surface area contributed by atoms with Crippen molar-refractivity contribution in [1.82, 2.24) is 0 Å². The minimum atomic E-state index is -0.516. The maximum Gasteiger partial charge on any atom is 0.339 e. The molecule has 0 spiro atoms. The molecule has 3 rings (SSSR count). The molecule has 154 valence electrons. The first-order valence-electron chi connectivity index (χ1n) is 10.1. The number of carbonyl (C=O) groups excluding carboxylic acids is 2. The number of benzene rings is 3. The third-order valence-electron chi connectivity index (χ3n) is 5.08. The Morgan fingerprint density at radius 2 is 0.967 bits per heavy atom. The van der Waals surface area contributed by atoms with Gasteiger partial charge in [-0.2, -0.15) is 0 Å². The van der Waals surface area contributed by atoms with Crippen molar-refractivity contribution >= 4 is 11.9 Å². The van der Waals surface area contributed by atoms with Gasteiger partial charge in [-0.1, -0.05) is 60.7 Å². The number of carbonyl (C=O) groups is 2. The lowest BCUT2D eigenvalue weighted by Gasteiger charge is -2.23. The first-order valence-corrected chi connectivity index (χ1v) is 10.1. The first-order chi connectivity index (χ1) is 14.5. The average molecular weight is 402 g/mol. The molecule has 0 aliphatic rings. The molecule has 3 aromatic rings. The van der Waals surface area contributed by atoms with Gasteiger partial charge in [0.2, 0.25) is 0 Å². The monoisotopic (exact) mass is 402 g/mol. The third-order valence-corrected chi connectivity index (χ3v) is 5.08. The summed E-state index contributed by atoms with van der Waals surface area (Å²) in [5.41, 5.74) is 5.71. The van der Waals surface area contributed by atoms with Gasteiger partial charge >= 0.3 is 11.9 Å². The van der Waals surface area contributed by atoms with Crippen molar-refractivity contribution in [3.63, 3.8) is 0 Å². The van der Waals surface area contributed by atoms with Crippen molar-refractivity contribution in [3.05, 3.63) is 82.9 Å². The van der Waals surface area contributed by atoms with Crippen LogP contribution in [0.25, 0.3) is 22.3 Å². The van der Waals surface area contributed by atoms with E-state index in [1.807, 2.05) is 74.5 Å². The van der Waals surface area contributed by atoms with Crippen LogP contribution in [0.4, 0.5) is 0 Å². The van der Waals surface area contributed by atoms with Crippen LogP contribution in [-0.2, 0) is 9.47 Å². The molecule has 30 heavy (non-hydrogen) atoms. The third kappa shape index (κ3) is 3.99. The molecule has 0 saturated heterocycles. The molecule has 0 fully saturated rings. The van der Waals surface area contributed by atoms with Crippen molar-refractivity contribution < 1.29 is 19.1 Å². The molecule has 0 saturated carbocycles. The lowest BCUT2D eigenvalue weighted by atomic mass is 9.82. The van der Waals surface area contributed by atoms with Crippen molar-refractivity contribution in [3.8, 4) is 22.3 Å². The van der Waals surface area contributed by atoms with Crippen molar-refractivity contribution in [2.24, 2.45) is 0 Å². The van der Waals surface area contributed by atoms with E-state index in [9.17, 15) is 9.59 Å². The van der Waals surface area contributed by atoms with Crippen LogP contribution in [-0.4, -0.2) is 25.2 Å². The molecule has 4 nitrogen and oxygen atoms in total. The Hall–Kier alpha value is -3.40. The normalized spacial score (nSPS) is 10.5. The predicted molar refractivity (Wildman–Crippen MR) is 119 cm³/mol. The molecule has 0 aliphatic carbocycles. The van der Waals surface area contributed by atoms with Gasteiger partial charge in [-0.05, 0) is 61.1 Å². The summed E-state index contributed by atoms with van der Waals surface area (Å²) in [7, 11) is 0. The number of hydrogen-bond acceptors (Lipinski definition) is 4. The molecular weight excluding hydrogens is 376 g/mol. The Morgan fingerprint density at radius 1 is 0.633 bits per heavy atom. The van der Waals surface area contributed by atoms with E-state index in [1.54, 1.807) is 13.8 Å². The Bertz CT molecular complexity index is 967. The molecule has 0 radical (unpaired) electrons. The van der Waals surface area contributed by atoms with Gasteiger partial charge < -0.3 is 9.47 Å². The zero-order chi connectivity index (χ0) is 21.7. The second-order valence-corrected chi connectivity index (χ2v) is 6.92. The second kappa shape index (κ2) is 9.40. The smallest absolute Gasteiger partial charge is 0.339 e. The van der Waals surface area contributed by atoms with E-state index in [2.05, 4.69) is 0 Å². The molecule has 0 aromatic heterocycles. The van der Waals surface area contributed by atoms with E-state index in [-0.39, 0.29) is 24.3 Å². The number of esters is 2. The highest BCUT2D eigenvalue weighted by atomic mass is 16.5. The highest BCUT2D eigenvalue weighted by Gasteiger charge is 2.30. The van der Waals surface area contributed by atoms with Crippen molar-refractivity contribution in [2.75, 3.05) is 13.2 Å². The summed E-state index contributed by atoms with van der Waals surface area (Å²) in [5.74, 6) is -1.03. The maximum atomic E-state index is 12.9. The van der Waals surface area contributed by atoms with Gasteiger partial charge in [0.05, 0.1) is 24.3 Å². The van der Waals surface area contributed by atoms with E-state index in [0.29, 0.717) is 11.1 Å². The maximum absolute atomic E-state index is 12.9. The van der Waals surface area contributed by atoms with Gasteiger partial charge in [-0.25, -0.2) is 9.59 Å². The topological polar surface area (TPSA) is 52.6 Å². The van der Waals surface area contributed by atoms with Crippen LogP contribution < -0.4 is 0 Å². The largest absolute Gasteiger partial charge is 0.462 e. The van der Waals surface area contributed by atoms with Crippen LogP contribution in [0.2, 0.25) is 0 Å². The summed E-state index contributed by atoms with van der Waals surface area (Å²) in [4.78, 5) is 25.9. The Morgan fingerprint density at radius 3 is 1.27 bits per heavy atom. The van der Waals surface area contributed by atoms with E-state index in [0.717, 1.165) is 22.3 Å². The molecule has 0 unspecified atom stereocenters. The van der Waals surface area contributed by atoms with Gasteiger partial charge in [0.15, 0.2) is 0 Å². The molecule has 0 heterocycles. The van der Waals surface area contributed by atoms with Crippen molar-refractivity contribution in [2.45, 2.75) is 27.7 Å². The molecular formula is C26H26O4. The van der Waals surface area contributed by atoms with Crippen LogP contribution in [0.3, 0.4) is 0 Å². The minimum absolute atomic E-state index is 0.223. The van der Waals surface area contributed by atoms with Crippen molar-refractivity contribution in [1.29, 1.82) is 0 Å². The molecule has 3 aromatic carbocycles. The SMILES string of the molecule is CCOC(=O)c1c(C)c(-c2ccccc2)c(-c2ccccc2)c(C)c1C(=O)OCC. The Kier molecular flexibility index (Phi) is 6.68. The summed E-state index contributed by atoms with van der Waals surface area (Å²) >= 11 is 0. The van der Waals surface area contributed by atoms with Crippen LogP contribution in [0.15, 0.2) is 60.7 Å². The molecule has 0 bridgehead atoms. The zero-order valence-corrected chi connectivity index (χ0v) is 17.8. The van der Waals surface area contributed by atoms with Crippen LogP contribution in [0, 0.1) is 13.8 Å². The quantitative estimate of drug-likeness (QED) is 0.475. The summed E-state index contributed by atoms with van der Waals surface area (Å²) in [6.45, 7) is 7.68. The summed E-state index contributed by atoms with van der Waals surface area (Å²) in [6, 6.07) is 19.8. The lowest BCUT2D eigenvalue weighted by molar-refractivity contribution is 0.0477. The van der Waals surface area contributed by atoms with E-state index in [1.165, 1.54) is 0 Å². The highest BCUT2D eigenvalue weighted by molar-refractivity contribution is 6.09. The minimum Gasteiger partial charge on any atom is -0.462 e. The number of rotatable bonds is 6. The van der Waals surface area contributed by atoms with E-state index < -0.39 is 11.9 Å². The van der Waals surface area contributed by atoms with Crippen LogP contribution in [0.1, 0.15) is 45.7 Å². The van der Waals surface area contributed by atoms with Crippen LogP contribution in [0.5, 0.6) is 0 Å². The van der Waals surface area contributed by atoms with Crippen LogP contribution >= 0.6 is 0 Å². The molecule has 0 amide bonds. The molecule has 4 heteroatoms. The van der Waals surface area contributed by atoms with Gasteiger partial charge in [0.1, 0.15) is 0 Å². The first kappa shape index (κ1) is 21.3. The summed E-state index contributed by atoms with van der Waals surface area (Å²) in [6.07, 6.45) is 0. The average Bonchev–Trinajstić information content (AvgIpc) is 2.76. The summed E-state index contributed by atoms with van der Waals surface area (Å²) in [5, 5.41) is 0. The predicted octanol–water partition coefficient (Wildman–Crippen LogP) is 5.99. The van der Waals surface area contributed by atoms with E-state index in [4.69, 9.17) is 9.47 Å². The Balaban J connectivity index is 2.47. The molecule has 0 aliphatic heterocycles. The second-order valence-electron chi connectivity index (χ2n) is 6.92. The van der Waals surface area contributed by atoms with Gasteiger partial charge in [-0.3, -0.25) is 0 Å². The lowest BCUT2D eigenvalue weighted by Crippen LogP contribution is -2.19.